The zero-order valence-corrected chi connectivity index (χ0v) is 9.89. The number of fused-ring (bicyclic) bond motifs is 2. The first-order valence-corrected chi connectivity index (χ1v) is 5.79. The van der Waals surface area contributed by atoms with Crippen molar-refractivity contribution in [2.75, 3.05) is 0 Å². The van der Waals surface area contributed by atoms with Crippen LogP contribution in [0.25, 0.3) is 21.5 Å². The van der Waals surface area contributed by atoms with Crippen molar-refractivity contribution in [2.24, 2.45) is 0 Å². The molecule has 3 rings (SSSR count). The fourth-order valence-corrected chi connectivity index (χ4v) is 2.68. The highest BCUT2D eigenvalue weighted by molar-refractivity contribution is 6.47. The molecular formula is C14H8Cl2. The van der Waals surface area contributed by atoms with E-state index in [9.17, 15) is 0 Å². The summed E-state index contributed by atoms with van der Waals surface area (Å²) in [6.07, 6.45) is 0. The monoisotopic (exact) mass is 246 g/mol. The lowest BCUT2D eigenvalue weighted by Gasteiger charge is -2.08. The molecule has 0 saturated carbocycles. The first kappa shape index (κ1) is 9.95. The van der Waals surface area contributed by atoms with Crippen LogP contribution in [0.15, 0.2) is 48.5 Å². The van der Waals surface area contributed by atoms with Gasteiger partial charge in [-0.05, 0) is 0 Å². The van der Waals surface area contributed by atoms with E-state index in [0.29, 0.717) is 0 Å². The first-order chi connectivity index (χ1) is 7.79. The number of rotatable bonds is 0. The Morgan fingerprint density at radius 3 is 1.00 bits per heavy atom. The minimum Gasteiger partial charge on any atom is -0.0830 e. The van der Waals surface area contributed by atoms with E-state index in [1.165, 1.54) is 0 Å². The second-order valence-corrected chi connectivity index (χ2v) is 4.48. The number of hydrogen-bond acceptors (Lipinski definition) is 0. The quantitative estimate of drug-likeness (QED) is 0.473. The fraction of sp³-hybridized carbons (Fsp3) is 0. The predicted octanol–water partition coefficient (Wildman–Crippen LogP) is 5.30. The van der Waals surface area contributed by atoms with E-state index < -0.39 is 0 Å². The van der Waals surface area contributed by atoms with Crippen LogP contribution in [0.3, 0.4) is 0 Å². The van der Waals surface area contributed by atoms with Crippen LogP contribution in [-0.4, -0.2) is 0 Å². The Morgan fingerprint density at radius 2 is 0.750 bits per heavy atom. The zero-order valence-electron chi connectivity index (χ0n) is 8.37. The third-order valence-electron chi connectivity index (χ3n) is 2.80. The molecule has 0 atom stereocenters. The molecule has 0 aliphatic heterocycles. The summed E-state index contributed by atoms with van der Waals surface area (Å²) in [6, 6.07) is 15.9. The second kappa shape index (κ2) is 3.65. The van der Waals surface area contributed by atoms with Crippen LogP contribution >= 0.6 is 23.2 Å². The largest absolute Gasteiger partial charge is 0.0830 e. The van der Waals surface area contributed by atoms with Crippen molar-refractivity contribution in [2.45, 2.75) is 0 Å². The molecular weight excluding hydrogens is 239 g/mol. The van der Waals surface area contributed by atoms with Crippen LogP contribution in [0.4, 0.5) is 0 Å². The van der Waals surface area contributed by atoms with E-state index in [4.69, 9.17) is 23.2 Å². The highest BCUT2D eigenvalue weighted by atomic mass is 35.5. The second-order valence-electron chi connectivity index (χ2n) is 3.72. The summed E-state index contributed by atoms with van der Waals surface area (Å²) in [7, 11) is 0. The smallest absolute Gasteiger partial charge is 0.0563 e. The van der Waals surface area contributed by atoms with E-state index in [1.54, 1.807) is 0 Å². The lowest BCUT2D eigenvalue weighted by molar-refractivity contribution is 1.76. The summed E-state index contributed by atoms with van der Waals surface area (Å²) in [5.74, 6) is 0. The van der Waals surface area contributed by atoms with E-state index >= 15 is 0 Å². The van der Waals surface area contributed by atoms with E-state index in [1.807, 2.05) is 48.5 Å². The molecule has 3 aromatic carbocycles. The Bertz CT molecular complexity index is 570. The van der Waals surface area contributed by atoms with Gasteiger partial charge in [0.15, 0.2) is 0 Å². The van der Waals surface area contributed by atoms with Crippen molar-refractivity contribution >= 4 is 44.7 Å². The molecule has 0 saturated heterocycles. The molecule has 0 nitrogen and oxygen atoms in total. The molecule has 0 aromatic heterocycles. The molecule has 16 heavy (non-hydrogen) atoms. The van der Waals surface area contributed by atoms with Gasteiger partial charge in [0, 0.05) is 21.5 Å². The van der Waals surface area contributed by atoms with Crippen LogP contribution in [0.5, 0.6) is 0 Å². The highest BCUT2D eigenvalue weighted by Gasteiger charge is 2.09. The van der Waals surface area contributed by atoms with E-state index in [-0.39, 0.29) is 0 Å². The Kier molecular flexibility index (Phi) is 2.27. The summed E-state index contributed by atoms with van der Waals surface area (Å²) in [5.41, 5.74) is 0. The zero-order chi connectivity index (χ0) is 11.1. The fourth-order valence-electron chi connectivity index (χ4n) is 2.02. The van der Waals surface area contributed by atoms with Gasteiger partial charge >= 0.3 is 0 Å². The molecule has 78 valence electrons. The molecule has 0 spiro atoms. The van der Waals surface area contributed by atoms with Crippen LogP contribution in [-0.2, 0) is 0 Å². The van der Waals surface area contributed by atoms with Crippen molar-refractivity contribution < 1.29 is 0 Å². The Balaban J connectivity index is 2.67. The maximum atomic E-state index is 6.39. The molecule has 0 amide bonds. The van der Waals surface area contributed by atoms with Gasteiger partial charge < -0.3 is 0 Å². The van der Waals surface area contributed by atoms with Crippen molar-refractivity contribution in [3.8, 4) is 0 Å². The van der Waals surface area contributed by atoms with Crippen molar-refractivity contribution in [3.05, 3.63) is 58.6 Å². The van der Waals surface area contributed by atoms with Gasteiger partial charge in [0.25, 0.3) is 0 Å². The minimum atomic E-state index is 0.774. The van der Waals surface area contributed by atoms with Crippen molar-refractivity contribution in [1.29, 1.82) is 0 Å². The lowest BCUT2D eigenvalue weighted by Crippen LogP contribution is -1.81. The van der Waals surface area contributed by atoms with Gasteiger partial charge in [-0.2, -0.15) is 0 Å². The molecule has 0 aliphatic rings. The highest BCUT2D eigenvalue weighted by Crippen LogP contribution is 2.38. The number of hydrogen-bond donors (Lipinski definition) is 0. The normalized spacial score (nSPS) is 11.1. The SMILES string of the molecule is Clc1c2ccccc2c(Cl)c2ccccc12. The Labute approximate surface area is 103 Å². The molecule has 0 unspecified atom stereocenters. The molecule has 2 heteroatoms. The summed E-state index contributed by atoms with van der Waals surface area (Å²) < 4.78 is 0. The number of benzene rings is 3. The topological polar surface area (TPSA) is 0 Å². The van der Waals surface area contributed by atoms with Gasteiger partial charge in [-0.1, -0.05) is 71.7 Å². The molecule has 0 aliphatic carbocycles. The van der Waals surface area contributed by atoms with Crippen molar-refractivity contribution in [3.63, 3.8) is 0 Å². The summed E-state index contributed by atoms with van der Waals surface area (Å²) >= 11 is 12.8. The van der Waals surface area contributed by atoms with Gasteiger partial charge in [0.1, 0.15) is 0 Å². The summed E-state index contributed by atoms with van der Waals surface area (Å²) in [4.78, 5) is 0. The van der Waals surface area contributed by atoms with Crippen LogP contribution in [0.1, 0.15) is 0 Å². The van der Waals surface area contributed by atoms with Crippen LogP contribution < -0.4 is 0 Å². The minimum absolute atomic E-state index is 0.774. The third kappa shape index (κ3) is 1.31. The van der Waals surface area contributed by atoms with Gasteiger partial charge in [-0.3, -0.25) is 0 Å². The maximum Gasteiger partial charge on any atom is 0.0563 e. The molecule has 0 bridgehead atoms. The predicted molar refractivity (Wildman–Crippen MR) is 71.5 cm³/mol. The summed E-state index contributed by atoms with van der Waals surface area (Å²) in [6.45, 7) is 0. The van der Waals surface area contributed by atoms with Gasteiger partial charge in [0.05, 0.1) is 10.0 Å². The lowest BCUT2D eigenvalue weighted by atomic mass is 10.0. The summed E-state index contributed by atoms with van der Waals surface area (Å²) in [5, 5.41) is 5.58. The first-order valence-electron chi connectivity index (χ1n) is 5.03. The molecule has 3 aromatic rings. The van der Waals surface area contributed by atoms with Crippen LogP contribution in [0, 0.1) is 0 Å². The van der Waals surface area contributed by atoms with Crippen LogP contribution in [0.2, 0.25) is 10.0 Å². The average molecular weight is 247 g/mol. The standard InChI is InChI=1S/C14H8Cl2/c15-13-9-5-1-2-6-10(9)14(16)12-8-4-3-7-11(12)13/h1-8H. The van der Waals surface area contributed by atoms with Gasteiger partial charge in [-0.15, -0.1) is 0 Å². The third-order valence-corrected chi connectivity index (χ3v) is 3.61. The average Bonchev–Trinajstić information content (AvgIpc) is 2.36. The molecule has 0 fully saturated rings. The number of halogens is 2. The van der Waals surface area contributed by atoms with Gasteiger partial charge in [-0.25, -0.2) is 0 Å². The van der Waals surface area contributed by atoms with Gasteiger partial charge in [0.2, 0.25) is 0 Å². The van der Waals surface area contributed by atoms with Crippen molar-refractivity contribution in [1.82, 2.24) is 0 Å². The van der Waals surface area contributed by atoms with E-state index in [0.717, 1.165) is 31.6 Å². The molecule has 0 heterocycles. The Hall–Kier alpha value is -1.24. The maximum absolute atomic E-state index is 6.39. The Morgan fingerprint density at radius 1 is 0.500 bits per heavy atom. The molecule has 0 N–H and O–H groups in total. The molecule has 0 radical (unpaired) electrons. The van der Waals surface area contributed by atoms with E-state index in [2.05, 4.69) is 0 Å².